The van der Waals surface area contributed by atoms with Crippen molar-refractivity contribution in [1.29, 1.82) is 0 Å². The molecule has 0 radical (unpaired) electrons. The molecule has 0 aliphatic heterocycles. The highest BCUT2D eigenvalue weighted by Crippen LogP contribution is 2.23. The number of carbonyl (C=O) groups excluding carboxylic acids is 2. The Morgan fingerprint density at radius 1 is 1.15 bits per heavy atom. The molecule has 110 valence electrons. The van der Waals surface area contributed by atoms with Crippen LogP contribution >= 0.6 is 0 Å². The highest BCUT2D eigenvalue weighted by atomic mass is 16.5. The zero-order valence-electron chi connectivity index (χ0n) is 12.7. The fraction of sp³-hybridized carbons (Fsp3) is 0.500. The van der Waals surface area contributed by atoms with Gasteiger partial charge in [0.1, 0.15) is 11.3 Å². The van der Waals surface area contributed by atoms with E-state index in [1.807, 2.05) is 13.8 Å². The van der Waals surface area contributed by atoms with Crippen molar-refractivity contribution in [3.05, 3.63) is 29.8 Å². The van der Waals surface area contributed by atoms with Crippen LogP contribution in [0.3, 0.4) is 0 Å². The monoisotopic (exact) mass is 278 g/mol. The van der Waals surface area contributed by atoms with E-state index in [2.05, 4.69) is 0 Å². The molecular weight excluding hydrogens is 256 g/mol. The van der Waals surface area contributed by atoms with Crippen LogP contribution in [0, 0.1) is 11.3 Å². The molecule has 0 aromatic heterocycles. The van der Waals surface area contributed by atoms with Crippen LogP contribution in [0.25, 0.3) is 0 Å². The van der Waals surface area contributed by atoms with Crippen LogP contribution in [0.15, 0.2) is 24.3 Å². The summed E-state index contributed by atoms with van der Waals surface area (Å²) >= 11 is 0. The van der Waals surface area contributed by atoms with Crippen molar-refractivity contribution in [3.63, 3.8) is 0 Å². The van der Waals surface area contributed by atoms with Gasteiger partial charge in [0.25, 0.3) is 0 Å². The molecule has 0 aliphatic rings. The van der Waals surface area contributed by atoms with Crippen LogP contribution < -0.4 is 4.74 Å². The first kappa shape index (κ1) is 16.2. The van der Waals surface area contributed by atoms with Gasteiger partial charge in [0, 0.05) is 0 Å². The van der Waals surface area contributed by atoms with Crippen molar-refractivity contribution >= 4 is 11.9 Å². The maximum absolute atomic E-state index is 12.0. The third kappa shape index (κ3) is 4.68. The number of esters is 2. The standard InChI is InChI=1S/C16H22O4/c1-11(2)10-19-14(17)12-8-6-7-9-13(12)20-15(18)16(3,4)5/h6-9,11H,10H2,1-5H3. The molecule has 0 unspecified atom stereocenters. The molecule has 0 fully saturated rings. The molecule has 20 heavy (non-hydrogen) atoms. The minimum atomic E-state index is -0.630. The smallest absolute Gasteiger partial charge is 0.341 e. The van der Waals surface area contributed by atoms with Gasteiger partial charge in [-0.25, -0.2) is 4.79 Å². The number of hydrogen-bond acceptors (Lipinski definition) is 4. The van der Waals surface area contributed by atoms with Crippen molar-refractivity contribution in [2.24, 2.45) is 11.3 Å². The lowest BCUT2D eigenvalue weighted by Gasteiger charge is -2.17. The Morgan fingerprint density at radius 3 is 2.30 bits per heavy atom. The first-order valence-corrected chi connectivity index (χ1v) is 6.70. The van der Waals surface area contributed by atoms with Crippen molar-refractivity contribution in [3.8, 4) is 5.75 Å². The predicted octanol–water partition coefficient (Wildman–Crippen LogP) is 3.45. The summed E-state index contributed by atoms with van der Waals surface area (Å²) < 4.78 is 10.5. The summed E-state index contributed by atoms with van der Waals surface area (Å²) in [6, 6.07) is 6.61. The topological polar surface area (TPSA) is 52.6 Å². The van der Waals surface area contributed by atoms with Crippen LogP contribution in [-0.2, 0) is 9.53 Å². The Balaban J connectivity index is 2.88. The van der Waals surface area contributed by atoms with Gasteiger partial charge in [0.2, 0.25) is 0 Å². The first-order valence-electron chi connectivity index (χ1n) is 6.70. The normalized spacial score (nSPS) is 11.3. The molecule has 0 saturated heterocycles. The predicted molar refractivity (Wildman–Crippen MR) is 76.7 cm³/mol. The van der Waals surface area contributed by atoms with Gasteiger partial charge >= 0.3 is 11.9 Å². The molecule has 0 bridgehead atoms. The summed E-state index contributed by atoms with van der Waals surface area (Å²) in [4.78, 5) is 23.9. The maximum atomic E-state index is 12.0. The van der Waals surface area contributed by atoms with Crippen molar-refractivity contribution in [2.75, 3.05) is 6.61 Å². The van der Waals surface area contributed by atoms with E-state index in [4.69, 9.17) is 9.47 Å². The molecule has 1 aromatic carbocycles. The Morgan fingerprint density at radius 2 is 1.75 bits per heavy atom. The Bertz CT molecular complexity index is 483. The number of hydrogen-bond donors (Lipinski definition) is 0. The van der Waals surface area contributed by atoms with E-state index in [1.54, 1.807) is 45.0 Å². The summed E-state index contributed by atoms with van der Waals surface area (Å²) in [5.74, 6) is -0.373. The van der Waals surface area contributed by atoms with Crippen LogP contribution in [-0.4, -0.2) is 18.5 Å². The maximum Gasteiger partial charge on any atom is 0.341 e. The van der Waals surface area contributed by atoms with Gasteiger partial charge in [-0.3, -0.25) is 4.79 Å². The lowest BCUT2D eigenvalue weighted by atomic mass is 9.97. The summed E-state index contributed by atoms with van der Waals surface area (Å²) in [5.41, 5.74) is -0.361. The molecule has 0 spiro atoms. The molecule has 0 aliphatic carbocycles. The Hall–Kier alpha value is -1.84. The first-order chi connectivity index (χ1) is 9.21. The van der Waals surface area contributed by atoms with Crippen LogP contribution in [0.1, 0.15) is 45.0 Å². The lowest BCUT2D eigenvalue weighted by Crippen LogP contribution is -2.26. The van der Waals surface area contributed by atoms with E-state index in [9.17, 15) is 9.59 Å². The second kappa shape index (κ2) is 6.55. The summed E-state index contributed by atoms with van der Waals surface area (Å²) in [5, 5.41) is 0. The van der Waals surface area contributed by atoms with Gasteiger partial charge in [-0.2, -0.15) is 0 Å². The van der Waals surface area contributed by atoms with Crippen molar-refractivity contribution in [2.45, 2.75) is 34.6 Å². The third-order valence-electron chi connectivity index (χ3n) is 2.47. The number of rotatable bonds is 4. The Kier molecular flexibility index (Phi) is 5.31. The Labute approximate surface area is 120 Å². The number of carbonyl (C=O) groups is 2. The van der Waals surface area contributed by atoms with E-state index in [-0.39, 0.29) is 23.2 Å². The molecule has 4 nitrogen and oxygen atoms in total. The van der Waals surface area contributed by atoms with E-state index in [0.29, 0.717) is 6.61 Å². The molecule has 0 saturated carbocycles. The second-order valence-electron chi connectivity index (χ2n) is 6.13. The largest absolute Gasteiger partial charge is 0.462 e. The molecule has 0 N–H and O–H groups in total. The minimum Gasteiger partial charge on any atom is -0.462 e. The van der Waals surface area contributed by atoms with Gasteiger partial charge in [-0.1, -0.05) is 26.0 Å². The summed E-state index contributed by atoms with van der Waals surface area (Å²) in [6.07, 6.45) is 0. The van der Waals surface area contributed by atoms with Crippen LogP contribution in [0.2, 0.25) is 0 Å². The average Bonchev–Trinajstić information content (AvgIpc) is 2.35. The number of benzene rings is 1. The van der Waals surface area contributed by atoms with Crippen LogP contribution in [0.4, 0.5) is 0 Å². The van der Waals surface area contributed by atoms with E-state index >= 15 is 0 Å². The van der Waals surface area contributed by atoms with Gasteiger partial charge in [0.05, 0.1) is 12.0 Å². The zero-order valence-corrected chi connectivity index (χ0v) is 12.7. The van der Waals surface area contributed by atoms with E-state index in [1.165, 1.54) is 0 Å². The van der Waals surface area contributed by atoms with Gasteiger partial charge in [-0.05, 0) is 38.8 Å². The molecule has 0 amide bonds. The molecule has 0 heterocycles. The highest BCUT2D eigenvalue weighted by Gasteiger charge is 2.25. The van der Waals surface area contributed by atoms with Gasteiger partial charge < -0.3 is 9.47 Å². The van der Waals surface area contributed by atoms with Crippen molar-refractivity contribution < 1.29 is 19.1 Å². The zero-order chi connectivity index (χ0) is 15.3. The molecule has 1 aromatic rings. The summed E-state index contributed by atoms with van der Waals surface area (Å²) in [6.45, 7) is 9.52. The third-order valence-corrected chi connectivity index (χ3v) is 2.47. The minimum absolute atomic E-state index is 0.237. The molecular formula is C16H22O4. The van der Waals surface area contributed by atoms with E-state index in [0.717, 1.165) is 0 Å². The lowest BCUT2D eigenvalue weighted by molar-refractivity contribution is -0.143. The fourth-order valence-electron chi connectivity index (χ4n) is 1.30. The molecule has 0 atom stereocenters. The number of ether oxygens (including phenoxy) is 2. The second-order valence-corrected chi connectivity index (χ2v) is 6.13. The average molecular weight is 278 g/mol. The number of para-hydroxylation sites is 1. The SMILES string of the molecule is CC(C)COC(=O)c1ccccc1OC(=O)C(C)(C)C. The molecule has 1 rings (SSSR count). The van der Waals surface area contributed by atoms with Crippen molar-refractivity contribution in [1.82, 2.24) is 0 Å². The highest BCUT2D eigenvalue weighted by molar-refractivity contribution is 5.93. The fourth-order valence-corrected chi connectivity index (χ4v) is 1.30. The quantitative estimate of drug-likeness (QED) is 0.625. The van der Waals surface area contributed by atoms with E-state index < -0.39 is 11.4 Å². The molecule has 4 heteroatoms. The summed E-state index contributed by atoms with van der Waals surface area (Å²) in [7, 11) is 0. The van der Waals surface area contributed by atoms with Crippen LogP contribution in [0.5, 0.6) is 5.75 Å². The van der Waals surface area contributed by atoms with Gasteiger partial charge in [0.15, 0.2) is 0 Å². The van der Waals surface area contributed by atoms with Gasteiger partial charge in [-0.15, -0.1) is 0 Å².